The molecule has 12 aromatic rings. The Balaban J connectivity index is 1.04. The van der Waals surface area contributed by atoms with Crippen molar-refractivity contribution in [3.05, 3.63) is 194 Å². The van der Waals surface area contributed by atoms with E-state index in [-0.39, 0.29) is 0 Å². The van der Waals surface area contributed by atoms with Gasteiger partial charge in [-0.05, 0) is 83.2 Å². The van der Waals surface area contributed by atoms with Gasteiger partial charge in [0, 0.05) is 68.9 Å². The molecule has 56 heavy (non-hydrogen) atoms. The van der Waals surface area contributed by atoms with Gasteiger partial charge in [0.2, 0.25) is 0 Å². The van der Waals surface area contributed by atoms with Gasteiger partial charge in [-0.15, -0.1) is 22.7 Å². The van der Waals surface area contributed by atoms with E-state index in [2.05, 4.69) is 204 Å². The molecule has 4 heteroatoms. The van der Waals surface area contributed by atoms with E-state index in [1.165, 1.54) is 89.7 Å². The minimum absolute atomic E-state index is 1.13. The fraction of sp³-hybridized carbons (Fsp3) is 0. The molecule has 2 nitrogen and oxygen atoms in total. The van der Waals surface area contributed by atoms with Gasteiger partial charge in [-0.2, -0.15) is 0 Å². The molecule has 12 rings (SSSR count). The molecule has 0 unspecified atom stereocenters. The quantitative estimate of drug-likeness (QED) is 0.170. The van der Waals surface area contributed by atoms with Crippen LogP contribution in [-0.2, 0) is 0 Å². The third-order valence-electron chi connectivity index (χ3n) is 11.4. The van der Waals surface area contributed by atoms with Gasteiger partial charge in [-0.25, -0.2) is 0 Å². The van der Waals surface area contributed by atoms with Crippen LogP contribution in [0, 0.1) is 0 Å². The molecule has 0 spiro atoms. The maximum Gasteiger partial charge on any atom is 0.0640 e. The number of nitrogens with zero attached hydrogens (tertiary/aromatic N) is 2. The first-order valence-corrected chi connectivity index (χ1v) is 20.6. The zero-order chi connectivity index (χ0) is 36.7. The summed E-state index contributed by atoms with van der Waals surface area (Å²) in [6.45, 7) is 0. The lowest BCUT2D eigenvalue weighted by molar-refractivity contribution is 1.19. The van der Waals surface area contributed by atoms with E-state index in [0.717, 1.165) is 17.1 Å². The highest BCUT2D eigenvalue weighted by Gasteiger charge is 2.20. The molecule has 0 bridgehead atoms. The minimum Gasteiger partial charge on any atom is -0.309 e. The van der Waals surface area contributed by atoms with Crippen LogP contribution in [0.2, 0.25) is 0 Å². The molecule has 0 saturated carbocycles. The Bertz CT molecular complexity index is 3480. The summed E-state index contributed by atoms with van der Waals surface area (Å²) in [5.41, 5.74) is 9.47. The topological polar surface area (TPSA) is 8.17 Å². The van der Waals surface area contributed by atoms with E-state index >= 15 is 0 Å². The second-order valence-corrected chi connectivity index (χ2v) is 16.6. The number of anilines is 3. The third-order valence-corrected chi connectivity index (χ3v) is 13.7. The van der Waals surface area contributed by atoms with Crippen LogP contribution in [-0.4, -0.2) is 4.57 Å². The van der Waals surface area contributed by atoms with Gasteiger partial charge in [0.15, 0.2) is 0 Å². The SMILES string of the molecule is c1ccc(-n2c3cc(-c4ccc(N(c5ccc6sc7ccccc7c6c5)c5cccc6c5sc5ccccc56)cc4)ccc3c3ccc4ccccc4c32)cc1. The van der Waals surface area contributed by atoms with E-state index in [0.29, 0.717) is 0 Å². The molecule has 0 atom stereocenters. The first-order chi connectivity index (χ1) is 27.8. The summed E-state index contributed by atoms with van der Waals surface area (Å²) in [6.07, 6.45) is 0. The van der Waals surface area contributed by atoms with E-state index < -0.39 is 0 Å². The fourth-order valence-corrected chi connectivity index (χ4v) is 11.1. The van der Waals surface area contributed by atoms with Crippen LogP contribution in [0.25, 0.3) is 89.7 Å². The van der Waals surface area contributed by atoms with Crippen LogP contribution in [0.4, 0.5) is 17.1 Å². The van der Waals surface area contributed by atoms with E-state index in [4.69, 9.17) is 0 Å². The lowest BCUT2D eigenvalue weighted by Crippen LogP contribution is -2.10. The van der Waals surface area contributed by atoms with E-state index in [9.17, 15) is 0 Å². The largest absolute Gasteiger partial charge is 0.309 e. The number of thiophene rings is 2. The normalized spacial score (nSPS) is 11.9. The summed E-state index contributed by atoms with van der Waals surface area (Å²) < 4.78 is 7.67. The van der Waals surface area contributed by atoms with Gasteiger partial charge in [0.1, 0.15) is 0 Å². The lowest BCUT2D eigenvalue weighted by atomic mass is 10.0. The molecular weight excluding hydrogens is 717 g/mol. The van der Waals surface area contributed by atoms with E-state index in [1.807, 2.05) is 22.7 Å². The molecule has 0 fully saturated rings. The van der Waals surface area contributed by atoms with Gasteiger partial charge in [0.25, 0.3) is 0 Å². The van der Waals surface area contributed by atoms with Gasteiger partial charge in [-0.3, -0.25) is 0 Å². The molecule has 0 aliphatic heterocycles. The van der Waals surface area contributed by atoms with Crippen LogP contribution in [0.3, 0.4) is 0 Å². The molecule has 3 heterocycles. The van der Waals surface area contributed by atoms with E-state index in [1.54, 1.807) is 0 Å². The Morgan fingerprint density at radius 3 is 1.86 bits per heavy atom. The second kappa shape index (κ2) is 12.4. The molecule has 3 aromatic heterocycles. The standard InChI is InChI=1S/C52H32N2S2/c1-2-12-36(13-3-1)54-47-31-35(24-28-40(47)43-29-23-34-11-4-5-14-39(34)51(43)54)33-21-25-37(26-22-33)53(38-27-30-50-45(32-38)42-16-7-8-19-48(42)55-50)46-18-10-17-44-41-15-6-9-20-49(41)56-52(44)46/h1-32H. The maximum absolute atomic E-state index is 2.45. The zero-order valence-electron chi connectivity index (χ0n) is 30.2. The molecule has 0 aliphatic carbocycles. The molecule has 0 N–H and O–H groups in total. The molecule has 0 amide bonds. The number of hydrogen-bond acceptors (Lipinski definition) is 3. The summed E-state index contributed by atoms with van der Waals surface area (Å²) in [4.78, 5) is 2.45. The Labute approximate surface area is 331 Å². The predicted octanol–water partition coefficient (Wildman–Crippen LogP) is 15.8. The number of aromatic nitrogens is 1. The average Bonchev–Trinajstić information content (AvgIpc) is 3.94. The Morgan fingerprint density at radius 1 is 0.375 bits per heavy atom. The molecule has 0 saturated heterocycles. The summed E-state index contributed by atoms with van der Waals surface area (Å²) >= 11 is 3.74. The first-order valence-electron chi connectivity index (χ1n) is 19.0. The summed E-state index contributed by atoms with van der Waals surface area (Å²) in [5.74, 6) is 0. The van der Waals surface area contributed by atoms with Crippen molar-refractivity contribution in [1.29, 1.82) is 0 Å². The van der Waals surface area contributed by atoms with Gasteiger partial charge in [-0.1, -0.05) is 127 Å². The summed E-state index contributed by atoms with van der Waals surface area (Å²) in [6, 6.07) is 71.4. The molecule has 0 aliphatic rings. The number of hydrogen-bond donors (Lipinski definition) is 0. The van der Waals surface area contributed by atoms with Crippen LogP contribution in [0.1, 0.15) is 0 Å². The van der Waals surface area contributed by atoms with Crippen LogP contribution < -0.4 is 4.90 Å². The van der Waals surface area contributed by atoms with Gasteiger partial charge >= 0.3 is 0 Å². The monoisotopic (exact) mass is 748 g/mol. The summed E-state index contributed by atoms with van der Waals surface area (Å²) in [7, 11) is 0. The molecule has 9 aromatic carbocycles. The van der Waals surface area contributed by atoms with Crippen molar-refractivity contribution in [2.45, 2.75) is 0 Å². The number of rotatable bonds is 5. The highest BCUT2D eigenvalue weighted by Crippen LogP contribution is 2.47. The lowest BCUT2D eigenvalue weighted by Gasteiger charge is -2.26. The van der Waals surface area contributed by atoms with Gasteiger partial charge < -0.3 is 9.47 Å². The van der Waals surface area contributed by atoms with Crippen molar-refractivity contribution in [1.82, 2.24) is 4.57 Å². The van der Waals surface area contributed by atoms with Crippen molar-refractivity contribution in [3.8, 4) is 16.8 Å². The van der Waals surface area contributed by atoms with Gasteiger partial charge in [0.05, 0.1) is 21.4 Å². The van der Waals surface area contributed by atoms with Crippen molar-refractivity contribution in [3.63, 3.8) is 0 Å². The highest BCUT2D eigenvalue weighted by molar-refractivity contribution is 7.26. The molecule has 0 radical (unpaired) electrons. The van der Waals surface area contributed by atoms with Crippen molar-refractivity contribution in [2.24, 2.45) is 0 Å². The van der Waals surface area contributed by atoms with Crippen LogP contribution in [0.5, 0.6) is 0 Å². The van der Waals surface area contributed by atoms with Crippen LogP contribution >= 0.6 is 22.7 Å². The zero-order valence-corrected chi connectivity index (χ0v) is 31.8. The smallest absolute Gasteiger partial charge is 0.0640 e. The Kier molecular flexibility index (Phi) is 7.00. The third kappa shape index (κ3) is 4.80. The first kappa shape index (κ1) is 31.6. The Morgan fingerprint density at radius 2 is 1.02 bits per heavy atom. The average molecular weight is 749 g/mol. The van der Waals surface area contributed by atoms with Crippen LogP contribution in [0.15, 0.2) is 194 Å². The molecule has 262 valence electrons. The number of fused-ring (bicyclic) bond motifs is 11. The predicted molar refractivity (Wildman–Crippen MR) is 244 cm³/mol. The number of benzene rings is 9. The van der Waals surface area contributed by atoms with Crippen molar-refractivity contribution < 1.29 is 0 Å². The fourth-order valence-electron chi connectivity index (χ4n) is 8.79. The minimum atomic E-state index is 1.13. The summed E-state index contributed by atoms with van der Waals surface area (Å²) in [5, 5.41) is 10.2. The molecular formula is C52H32N2S2. The Hall–Kier alpha value is -6.72. The van der Waals surface area contributed by atoms with Crippen molar-refractivity contribution >= 4 is 113 Å². The highest BCUT2D eigenvalue weighted by atomic mass is 32.1. The van der Waals surface area contributed by atoms with Crippen molar-refractivity contribution in [2.75, 3.05) is 4.90 Å². The number of para-hydroxylation sites is 1. The maximum atomic E-state index is 2.45. The second-order valence-electron chi connectivity index (χ2n) is 14.5.